The number of aliphatic imine (C=N–C) groups is 1. The maximum atomic E-state index is 12.7. The normalized spacial score (nSPS) is 12.8. The SMILES string of the molecule is CN=C(C(Br)=CN)c1cc(NC(=O)Nc2ccc(C(F)(F)F)cc2)cc2ccoc12. The maximum absolute atomic E-state index is 12.7. The number of carbonyl (C=O) groups is 1. The van der Waals surface area contributed by atoms with Gasteiger partial charge in [-0.1, -0.05) is 0 Å². The van der Waals surface area contributed by atoms with Crippen LogP contribution in [-0.2, 0) is 6.18 Å². The molecular weight excluding hydrogens is 465 g/mol. The first-order valence-corrected chi connectivity index (χ1v) is 9.33. The van der Waals surface area contributed by atoms with Gasteiger partial charge in [0.05, 0.1) is 22.0 Å². The molecule has 0 saturated carbocycles. The van der Waals surface area contributed by atoms with Crippen molar-refractivity contribution in [2.45, 2.75) is 6.18 Å². The van der Waals surface area contributed by atoms with Gasteiger partial charge in [-0.3, -0.25) is 4.99 Å². The Hall–Kier alpha value is -3.27. The molecule has 0 aliphatic carbocycles. The Morgan fingerprint density at radius 1 is 1.13 bits per heavy atom. The van der Waals surface area contributed by atoms with Crippen molar-refractivity contribution < 1.29 is 22.4 Å². The minimum absolute atomic E-state index is 0.217. The minimum Gasteiger partial charge on any atom is -0.464 e. The largest absolute Gasteiger partial charge is 0.464 e. The highest BCUT2D eigenvalue weighted by molar-refractivity contribution is 9.12. The highest BCUT2D eigenvalue weighted by Gasteiger charge is 2.30. The molecule has 3 aromatic rings. The van der Waals surface area contributed by atoms with Crippen LogP contribution in [0.15, 0.2) is 68.8 Å². The topological polar surface area (TPSA) is 92.6 Å². The van der Waals surface area contributed by atoms with Crippen molar-refractivity contribution in [3.8, 4) is 0 Å². The van der Waals surface area contributed by atoms with Crippen LogP contribution in [0, 0.1) is 0 Å². The van der Waals surface area contributed by atoms with E-state index >= 15 is 0 Å². The molecule has 1 heterocycles. The molecule has 6 nitrogen and oxygen atoms in total. The number of furan rings is 1. The number of nitrogens with one attached hydrogen (secondary N) is 2. The molecule has 2 amide bonds. The third-order valence-corrected chi connectivity index (χ3v) is 4.77. The highest BCUT2D eigenvalue weighted by atomic mass is 79.9. The van der Waals surface area contributed by atoms with Gasteiger partial charge < -0.3 is 20.8 Å². The first-order valence-electron chi connectivity index (χ1n) is 8.54. The molecule has 0 saturated heterocycles. The molecule has 156 valence electrons. The van der Waals surface area contributed by atoms with Gasteiger partial charge in [0.1, 0.15) is 5.58 Å². The Balaban J connectivity index is 1.84. The van der Waals surface area contributed by atoms with Crippen molar-refractivity contribution in [2.24, 2.45) is 10.7 Å². The van der Waals surface area contributed by atoms with E-state index in [2.05, 4.69) is 31.6 Å². The number of nitrogens with two attached hydrogens (primary N) is 1. The van der Waals surface area contributed by atoms with E-state index in [0.29, 0.717) is 27.0 Å². The minimum atomic E-state index is -4.44. The van der Waals surface area contributed by atoms with Crippen molar-refractivity contribution >= 4 is 50.0 Å². The maximum Gasteiger partial charge on any atom is 0.416 e. The molecule has 0 unspecified atom stereocenters. The molecule has 2 aromatic carbocycles. The summed E-state index contributed by atoms with van der Waals surface area (Å²) in [4.78, 5) is 16.6. The van der Waals surface area contributed by atoms with Crippen molar-refractivity contribution in [1.82, 2.24) is 0 Å². The number of urea groups is 1. The third kappa shape index (κ3) is 4.65. The van der Waals surface area contributed by atoms with Gasteiger partial charge in [-0.15, -0.1) is 0 Å². The van der Waals surface area contributed by atoms with Crippen LogP contribution in [0.2, 0.25) is 0 Å². The van der Waals surface area contributed by atoms with Crippen molar-refractivity contribution in [1.29, 1.82) is 0 Å². The first kappa shape index (κ1) is 21.4. The number of nitrogens with zero attached hydrogens (tertiary/aromatic N) is 1. The monoisotopic (exact) mass is 480 g/mol. The Morgan fingerprint density at radius 2 is 1.80 bits per heavy atom. The van der Waals surface area contributed by atoms with Gasteiger partial charge in [0.25, 0.3) is 0 Å². The summed E-state index contributed by atoms with van der Waals surface area (Å²) in [7, 11) is 1.59. The molecule has 0 radical (unpaired) electrons. The molecular formula is C20H16BrF3N4O2. The summed E-state index contributed by atoms with van der Waals surface area (Å²) in [6, 6.07) is 8.61. The fraction of sp³-hybridized carbons (Fsp3) is 0.100. The lowest BCUT2D eigenvalue weighted by atomic mass is 10.1. The number of hydrogen-bond donors (Lipinski definition) is 3. The van der Waals surface area contributed by atoms with Gasteiger partial charge in [-0.25, -0.2) is 4.79 Å². The Bertz CT molecular complexity index is 1140. The number of fused-ring (bicyclic) bond motifs is 1. The third-order valence-electron chi connectivity index (χ3n) is 4.13. The van der Waals surface area contributed by atoms with E-state index in [1.54, 1.807) is 25.2 Å². The summed E-state index contributed by atoms with van der Waals surface area (Å²) in [5.74, 6) is 0. The standard InChI is InChI=1S/C20H16BrF3N4O2/c1-26-17(16(21)10-25)15-9-14(8-11-6-7-30-18(11)15)28-19(29)27-13-4-2-12(3-5-13)20(22,23)24/h2-10H,25H2,1H3,(H2,27,28,29). The molecule has 3 rings (SSSR count). The summed E-state index contributed by atoms with van der Waals surface area (Å²) >= 11 is 3.34. The molecule has 0 bridgehead atoms. The van der Waals surface area contributed by atoms with Crippen molar-refractivity contribution in [3.05, 3.63) is 70.5 Å². The zero-order valence-corrected chi connectivity index (χ0v) is 17.1. The fourth-order valence-electron chi connectivity index (χ4n) is 2.80. The number of allylic oxidation sites excluding steroid dienone is 1. The zero-order chi connectivity index (χ0) is 21.9. The number of alkyl halides is 3. The molecule has 0 spiro atoms. The van der Waals surface area contributed by atoms with E-state index in [9.17, 15) is 18.0 Å². The van der Waals surface area contributed by atoms with Crippen LogP contribution in [0.1, 0.15) is 11.1 Å². The Labute approximate surface area is 177 Å². The van der Waals surface area contributed by atoms with Gasteiger partial charge >= 0.3 is 12.2 Å². The molecule has 0 fully saturated rings. The van der Waals surface area contributed by atoms with E-state index in [1.807, 2.05) is 0 Å². The zero-order valence-electron chi connectivity index (χ0n) is 15.5. The average Bonchev–Trinajstić information content (AvgIpc) is 3.16. The van der Waals surface area contributed by atoms with Gasteiger partial charge in [-0.05, 0) is 58.4 Å². The van der Waals surface area contributed by atoms with Gasteiger partial charge in [0.15, 0.2) is 0 Å². The smallest absolute Gasteiger partial charge is 0.416 e. The lowest BCUT2D eigenvalue weighted by molar-refractivity contribution is -0.137. The van der Waals surface area contributed by atoms with Gasteiger partial charge in [0, 0.05) is 35.6 Å². The highest BCUT2D eigenvalue weighted by Crippen LogP contribution is 2.30. The molecule has 30 heavy (non-hydrogen) atoms. The average molecular weight is 481 g/mol. The van der Waals surface area contributed by atoms with Crippen molar-refractivity contribution in [2.75, 3.05) is 17.7 Å². The van der Waals surface area contributed by atoms with Crippen molar-refractivity contribution in [3.63, 3.8) is 0 Å². The number of rotatable bonds is 4. The summed E-state index contributed by atoms with van der Waals surface area (Å²) in [5, 5.41) is 5.87. The van der Waals surface area contributed by atoms with Crippen LogP contribution < -0.4 is 16.4 Å². The summed E-state index contributed by atoms with van der Waals surface area (Å²) < 4.78 is 44.0. The molecule has 10 heteroatoms. The van der Waals surface area contributed by atoms with E-state index in [0.717, 1.165) is 17.5 Å². The van der Waals surface area contributed by atoms with E-state index < -0.39 is 17.8 Å². The molecule has 0 atom stereocenters. The Kier molecular flexibility index (Phi) is 6.16. The van der Waals surface area contributed by atoms with Gasteiger partial charge in [0.2, 0.25) is 0 Å². The second kappa shape index (κ2) is 8.62. The fourth-order valence-corrected chi connectivity index (χ4v) is 3.19. The summed E-state index contributed by atoms with van der Waals surface area (Å²) in [5.41, 5.74) is 7.10. The summed E-state index contributed by atoms with van der Waals surface area (Å²) in [6.07, 6.45) is -1.59. The van der Waals surface area contributed by atoms with Crippen LogP contribution >= 0.6 is 15.9 Å². The number of benzene rings is 2. The predicted octanol–water partition coefficient (Wildman–Crippen LogP) is 5.71. The number of anilines is 2. The predicted molar refractivity (Wildman–Crippen MR) is 114 cm³/mol. The number of hydrogen-bond acceptors (Lipinski definition) is 4. The second-order valence-corrected chi connectivity index (χ2v) is 6.96. The van der Waals surface area contributed by atoms with Crippen LogP contribution in [0.25, 0.3) is 11.0 Å². The van der Waals surface area contributed by atoms with E-state index in [-0.39, 0.29) is 5.69 Å². The van der Waals surface area contributed by atoms with Crippen LogP contribution in [0.3, 0.4) is 0 Å². The second-order valence-electron chi connectivity index (χ2n) is 6.10. The van der Waals surface area contributed by atoms with Crippen LogP contribution in [0.4, 0.5) is 29.3 Å². The quantitative estimate of drug-likeness (QED) is 0.417. The molecule has 1 aromatic heterocycles. The van der Waals surface area contributed by atoms with E-state index in [4.69, 9.17) is 10.2 Å². The van der Waals surface area contributed by atoms with Gasteiger partial charge in [-0.2, -0.15) is 13.2 Å². The van der Waals surface area contributed by atoms with E-state index in [1.165, 1.54) is 24.6 Å². The number of amides is 2. The molecule has 4 N–H and O–H groups in total. The molecule has 0 aliphatic rings. The van der Waals surface area contributed by atoms with Crippen LogP contribution in [0.5, 0.6) is 0 Å². The molecule has 0 aliphatic heterocycles. The summed E-state index contributed by atoms with van der Waals surface area (Å²) in [6.45, 7) is 0. The first-order chi connectivity index (χ1) is 14.2. The number of carbonyl (C=O) groups excluding carboxylic acids is 1. The number of halogens is 4. The Morgan fingerprint density at radius 3 is 2.40 bits per heavy atom. The lowest BCUT2D eigenvalue weighted by Crippen LogP contribution is -2.20. The lowest BCUT2D eigenvalue weighted by Gasteiger charge is -2.12. The van der Waals surface area contributed by atoms with Crippen LogP contribution in [-0.4, -0.2) is 18.8 Å².